The lowest BCUT2D eigenvalue weighted by atomic mass is 10.0. The third kappa shape index (κ3) is 6.60. The number of carbonyl (C=O) groups is 1. The van der Waals surface area contributed by atoms with E-state index in [1.807, 2.05) is 0 Å². The highest BCUT2D eigenvalue weighted by molar-refractivity contribution is 7.89. The lowest BCUT2D eigenvalue weighted by Crippen LogP contribution is -2.38. The van der Waals surface area contributed by atoms with Crippen LogP contribution < -0.4 is 10.0 Å². The first-order chi connectivity index (χ1) is 7.99. The molecule has 1 saturated heterocycles. The van der Waals surface area contributed by atoms with Gasteiger partial charge in [-0.25, -0.2) is 13.1 Å². The van der Waals surface area contributed by atoms with Crippen LogP contribution in [-0.4, -0.2) is 44.9 Å². The van der Waals surface area contributed by atoms with Crippen molar-refractivity contribution in [2.45, 2.75) is 25.7 Å². The summed E-state index contributed by atoms with van der Waals surface area (Å²) in [5.41, 5.74) is 0. The molecule has 3 N–H and O–H groups in total. The van der Waals surface area contributed by atoms with Gasteiger partial charge in [0.05, 0.1) is 5.75 Å². The third-order valence-electron chi connectivity index (χ3n) is 2.79. The van der Waals surface area contributed by atoms with Crippen molar-refractivity contribution in [3.05, 3.63) is 0 Å². The van der Waals surface area contributed by atoms with Crippen LogP contribution in [0.4, 0.5) is 0 Å². The van der Waals surface area contributed by atoms with E-state index in [2.05, 4.69) is 10.0 Å². The van der Waals surface area contributed by atoms with Gasteiger partial charge in [-0.15, -0.1) is 0 Å². The van der Waals surface area contributed by atoms with E-state index in [-0.39, 0.29) is 18.6 Å². The van der Waals surface area contributed by atoms with Gasteiger partial charge < -0.3 is 10.4 Å². The van der Waals surface area contributed by atoms with Crippen molar-refractivity contribution in [1.82, 2.24) is 10.0 Å². The Kier molecular flexibility index (Phi) is 5.87. The molecule has 1 aliphatic heterocycles. The van der Waals surface area contributed by atoms with E-state index in [1.165, 1.54) is 0 Å². The minimum Gasteiger partial charge on any atom is -0.481 e. The monoisotopic (exact) mass is 264 g/mol. The average molecular weight is 264 g/mol. The summed E-state index contributed by atoms with van der Waals surface area (Å²) in [5.74, 6) is -0.728. The molecule has 6 nitrogen and oxygen atoms in total. The maximum atomic E-state index is 11.5. The maximum Gasteiger partial charge on any atom is 0.303 e. The van der Waals surface area contributed by atoms with Crippen molar-refractivity contribution >= 4 is 16.0 Å². The van der Waals surface area contributed by atoms with E-state index in [9.17, 15) is 13.2 Å². The average Bonchev–Trinajstić information content (AvgIpc) is 2.27. The first kappa shape index (κ1) is 14.4. The van der Waals surface area contributed by atoms with Gasteiger partial charge in [0, 0.05) is 13.0 Å². The van der Waals surface area contributed by atoms with E-state index in [1.54, 1.807) is 0 Å². The Bertz CT molecular complexity index is 336. The third-order valence-corrected chi connectivity index (χ3v) is 4.23. The molecule has 1 atom stereocenters. The molecule has 17 heavy (non-hydrogen) atoms. The molecule has 0 aromatic heterocycles. The van der Waals surface area contributed by atoms with Crippen molar-refractivity contribution in [3.63, 3.8) is 0 Å². The number of hydrogen-bond donors (Lipinski definition) is 3. The Labute approximate surface area is 102 Å². The van der Waals surface area contributed by atoms with Crippen LogP contribution in [0, 0.1) is 5.92 Å². The Morgan fingerprint density at radius 3 is 2.82 bits per heavy atom. The number of piperidine rings is 1. The summed E-state index contributed by atoms with van der Waals surface area (Å²) in [5, 5.41) is 11.6. The Balaban J connectivity index is 2.21. The quantitative estimate of drug-likeness (QED) is 0.590. The molecule has 1 unspecified atom stereocenters. The topological polar surface area (TPSA) is 95.5 Å². The zero-order valence-electron chi connectivity index (χ0n) is 9.81. The van der Waals surface area contributed by atoms with E-state index in [4.69, 9.17) is 5.11 Å². The summed E-state index contributed by atoms with van der Waals surface area (Å²) < 4.78 is 25.6. The summed E-state index contributed by atoms with van der Waals surface area (Å²) in [6, 6.07) is 0. The smallest absolute Gasteiger partial charge is 0.303 e. The number of carboxylic acids is 1. The number of aliphatic carboxylic acids is 1. The van der Waals surface area contributed by atoms with Gasteiger partial charge in [0.15, 0.2) is 0 Å². The van der Waals surface area contributed by atoms with Crippen LogP contribution in [-0.2, 0) is 14.8 Å². The fourth-order valence-corrected chi connectivity index (χ4v) is 2.99. The molecule has 7 heteroatoms. The van der Waals surface area contributed by atoms with E-state index >= 15 is 0 Å². The summed E-state index contributed by atoms with van der Waals surface area (Å²) in [7, 11) is -3.32. The van der Waals surface area contributed by atoms with Gasteiger partial charge in [-0.1, -0.05) is 0 Å². The SMILES string of the molecule is O=C(O)CCCS(=O)(=O)NCC1CCCNC1. The zero-order valence-corrected chi connectivity index (χ0v) is 10.6. The molecule has 0 saturated carbocycles. The Morgan fingerprint density at radius 2 is 2.24 bits per heavy atom. The molecular weight excluding hydrogens is 244 g/mol. The van der Waals surface area contributed by atoms with Crippen LogP contribution in [0.15, 0.2) is 0 Å². The summed E-state index contributed by atoms with van der Waals surface area (Å²) in [4.78, 5) is 10.3. The van der Waals surface area contributed by atoms with Gasteiger partial charge in [-0.05, 0) is 38.3 Å². The van der Waals surface area contributed by atoms with Gasteiger partial charge in [0.2, 0.25) is 10.0 Å². The minimum absolute atomic E-state index is 0.105. The first-order valence-corrected chi connectivity index (χ1v) is 7.55. The van der Waals surface area contributed by atoms with Crippen molar-refractivity contribution < 1.29 is 18.3 Å². The molecule has 0 amide bonds. The molecule has 1 aliphatic rings. The standard InChI is InChI=1S/C10H20N2O4S/c13-10(14)4-2-6-17(15,16)12-8-9-3-1-5-11-7-9/h9,11-12H,1-8H2,(H,13,14). The fraction of sp³-hybridized carbons (Fsp3) is 0.900. The highest BCUT2D eigenvalue weighted by Gasteiger charge is 2.16. The number of hydrogen-bond acceptors (Lipinski definition) is 4. The largest absolute Gasteiger partial charge is 0.481 e. The molecule has 1 rings (SSSR count). The van der Waals surface area contributed by atoms with Crippen molar-refractivity contribution in [3.8, 4) is 0 Å². The fourth-order valence-electron chi connectivity index (χ4n) is 1.83. The Hall–Kier alpha value is -0.660. The summed E-state index contributed by atoms with van der Waals surface area (Å²) in [6.07, 6.45) is 2.16. The van der Waals surface area contributed by atoms with Crippen LogP contribution in [0.5, 0.6) is 0 Å². The van der Waals surface area contributed by atoms with Crippen molar-refractivity contribution in [2.24, 2.45) is 5.92 Å². The molecule has 0 radical (unpaired) electrons. The zero-order chi connectivity index (χ0) is 12.7. The highest BCUT2D eigenvalue weighted by atomic mass is 32.2. The minimum atomic E-state index is -3.32. The van der Waals surface area contributed by atoms with Crippen LogP contribution in [0.2, 0.25) is 0 Å². The normalized spacial score (nSPS) is 21.3. The maximum absolute atomic E-state index is 11.5. The van der Waals surface area contributed by atoms with Gasteiger partial charge in [0.25, 0.3) is 0 Å². The lowest BCUT2D eigenvalue weighted by molar-refractivity contribution is -0.137. The second-order valence-electron chi connectivity index (χ2n) is 4.38. The molecule has 0 aliphatic carbocycles. The van der Waals surface area contributed by atoms with Crippen molar-refractivity contribution in [2.75, 3.05) is 25.4 Å². The molecule has 0 bridgehead atoms. The molecule has 1 fully saturated rings. The van der Waals surface area contributed by atoms with Gasteiger partial charge in [-0.3, -0.25) is 4.79 Å². The molecule has 0 spiro atoms. The van der Waals surface area contributed by atoms with E-state index in [0.717, 1.165) is 25.9 Å². The molecule has 0 aromatic carbocycles. The number of sulfonamides is 1. The van der Waals surface area contributed by atoms with Crippen LogP contribution in [0.25, 0.3) is 0 Å². The molecular formula is C10H20N2O4S. The lowest BCUT2D eigenvalue weighted by Gasteiger charge is -2.22. The molecule has 1 heterocycles. The molecule has 100 valence electrons. The predicted molar refractivity (Wildman–Crippen MR) is 64.3 cm³/mol. The number of carboxylic acid groups (broad SMARTS) is 1. The highest BCUT2D eigenvalue weighted by Crippen LogP contribution is 2.08. The predicted octanol–water partition coefficient (Wildman–Crippen LogP) is -0.230. The van der Waals surface area contributed by atoms with Crippen LogP contribution in [0.1, 0.15) is 25.7 Å². The summed E-state index contributed by atoms with van der Waals surface area (Å²) >= 11 is 0. The second kappa shape index (κ2) is 6.93. The van der Waals surface area contributed by atoms with Gasteiger partial charge in [-0.2, -0.15) is 0 Å². The van der Waals surface area contributed by atoms with Gasteiger partial charge >= 0.3 is 5.97 Å². The van der Waals surface area contributed by atoms with E-state index < -0.39 is 16.0 Å². The van der Waals surface area contributed by atoms with Crippen LogP contribution >= 0.6 is 0 Å². The van der Waals surface area contributed by atoms with Gasteiger partial charge in [0.1, 0.15) is 0 Å². The molecule has 0 aromatic rings. The second-order valence-corrected chi connectivity index (χ2v) is 6.30. The first-order valence-electron chi connectivity index (χ1n) is 5.89. The van der Waals surface area contributed by atoms with Crippen molar-refractivity contribution in [1.29, 1.82) is 0 Å². The summed E-state index contributed by atoms with van der Waals surface area (Å²) in [6.45, 7) is 2.29. The van der Waals surface area contributed by atoms with Crippen LogP contribution in [0.3, 0.4) is 0 Å². The van der Waals surface area contributed by atoms with E-state index in [0.29, 0.717) is 12.5 Å². The Morgan fingerprint density at radius 1 is 1.47 bits per heavy atom. The number of nitrogens with one attached hydrogen (secondary N) is 2. The number of rotatable bonds is 7.